The Balaban J connectivity index is 2.24. The van der Waals surface area contributed by atoms with E-state index in [1.165, 1.54) is 0 Å². The molecule has 1 aliphatic heterocycles. The highest BCUT2D eigenvalue weighted by Gasteiger charge is 2.17. The molecule has 0 aromatic carbocycles. The molecule has 5 nitrogen and oxygen atoms in total. The van der Waals surface area contributed by atoms with Gasteiger partial charge in [0.15, 0.2) is 0 Å². The van der Waals surface area contributed by atoms with Crippen LogP contribution in [0.2, 0.25) is 0 Å². The molecule has 82 valence electrons. The predicted octanol–water partition coefficient (Wildman–Crippen LogP) is -0.391. The van der Waals surface area contributed by atoms with Gasteiger partial charge in [0.05, 0.1) is 6.54 Å². The van der Waals surface area contributed by atoms with Gasteiger partial charge in [-0.2, -0.15) is 4.91 Å². The summed E-state index contributed by atoms with van der Waals surface area (Å²) < 4.78 is 0. The smallest absolute Gasteiger partial charge is 0.0873 e. The van der Waals surface area contributed by atoms with Crippen LogP contribution in [0.15, 0.2) is 5.18 Å². The predicted molar refractivity (Wildman–Crippen MR) is 55.2 cm³/mol. The van der Waals surface area contributed by atoms with Gasteiger partial charge in [-0.3, -0.25) is 0 Å². The number of likely N-dealkylation sites (N-methyl/N-ethyl adjacent to an activating group) is 1. The molecule has 0 aliphatic carbocycles. The van der Waals surface area contributed by atoms with Gasteiger partial charge >= 0.3 is 0 Å². The number of hydrogen-bond donors (Lipinski definition) is 1. The lowest BCUT2D eigenvalue weighted by Gasteiger charge is -2.33. The number of nitrogens with zero attached hydrogens (tertiary/aromatic N) is 3. The molecular formula is C9H19N3O2. The Morgan fingerprint density at radius 2 is 2.00 bits per heavy atom. The average molecular weight is 201 g/mol. The number of rotatable bonds is 5. The van der Waals surface area contributed by atoms with Gasteiger partial charge in [0.2, 0.25) is 0 Å². The Bertz CT molecular complexity index is 169. The van der Waals surface area contributed by atoms with Crippen molar-refractivity contribution in [3.63, 3.8) is 0 Å². The molecule has 1 fully saturated rings. The molecule has 0 saturated carbocycles. The molecule has 0 aromatic rings. The lowest BCUT2D eigenvalue weighted by atomic mass is 10.1. The molecule has 5 heteroatoms. The van der Waals surface area contributed by atoms with Crippen LogP contribution in [-0.4, -0.2) is 67.8 Å². The third-order valence-electron chi connectivity index (χ3n) is 2.70. The summed E-state index contributed by atoms with van der Waals surface area (Å²) in [6, 6.07) is 0. The number of aliphatic hydroxyl groups is 1. The first-order valence-corrected chi connectivity index (χ1v) is 5.07. The van der Waals surface area contributed by atoms with Crippen molar-refractivity contribution in [3.8, 4) is 0 Å². The van der Waals surface area contributed by atoms with E-state index in [1.54, 1.807) is 0 Å². The minimum absolute atomic E-state index is 0.0101. The molecule has 14 heavy (non-hydrogen) atoms. The van der Waals surface area contributed by atoms with E-state index in [9.17, 15) is 4.91 Å². The minimum atomic E-state index is 0.0101. The second-order valence-electron chi connectivity index (χ2n) is 3.96. The molecule has 1 aliphatic rings. The van der Waals surface area contributed by atoms with Gasteiger partial charge in [0.25, 0.3) is 0 Å². The fraction of sp³-hybridized carbons (Fsp3) is 1.00. The molecule has 1 unspecified atom stereocenters. The van der Waals surface area contributed by atoms with Crippen LogP contribution < -0.4 is 0 Å². The fourth-order valence-electron chi connectivity index (χ4n) is 1.67. The summed E-state index contributed by atoms with van der Waals surface area (Å²) in [5, 5.41) is 11.8. The van der Waals surface area contributed by atoms with Crippen molar-refractivity contribution in [1.29, 1.82) is 0 Å². The molecular weight excluding hydrogens is 182 g/mol. The van der Waals surface area contributed by atoms with Crippen LogP contribution >= 0.6 is 0 Å². The van der Waals surface area contributed by atoms with Crippen molar-refractivity contribution in [3.05, 3.63) is 4.91 Å². The summed E-state index contributed by atoms with van der Waals surface area (Å²) in [6.07, 6.45) is 0. The zero-order valence-electron chi connectivity index (χ0n) is 8.72. The lowest BCUT2D eigenvalue weighted by molar-refractivity contribution is 0.116. The van der Waals surface area contributed by atoms with Crippen molar-refractivity contribution in [2.24, 2.45) is 11.1 Å². The molecule has 1 saturated heterocycles. The van der Waals surface area contributed by atoms with E-state index in [4.69, 9.17) is 5.11 Å². The number of aliphatic hydroxyl groups excluding tert-OH is 1. The van der Waals surface area contributed by atoms with E-state index >= 15 is 0 Å². The maximum atomic E-state index is 10.1. The molecule has 0 amide bonds. The van der Waals surface area contributed by atoms with Gasteiger partial charge in [-0.1, -0.05) is 5.18 Å². The second kappa shape index (κ2) is 6.06. The van der Waals surface area contributed by atoms with Crippen LogP contribution in [0.3, 0.4) is 0 Å². The zero-order chi connectivity index (χ0) is 10.4. The Morgan fingerprint density at radius 1 is 1.36 bits per heavy atom. The summed E-state index contributed by atoms with van der Waals surface area (Å²) in [5.41, 5.74) is 0. The average Bonchev–Trinajstić information content (AvgIpc) is 2.20. The first-order valence-electron chi connectivity index (χ1n) is 5.07. The van der Waals surface area contributed by atoms with E-state index in [-0.39, 0.29) is 19.1 Å². The summed E-state index contributed by atoms with van der Waals surface area (Å²) in [6.45, 7) is 5.23. The SMILES string of the molecule is CN1CCN(CC(CO)CN=O)CC1. The fourth-order valence-corrected chi connectivity index (χ4v) is 1.67. The number of piperazine rings is 1. The molecule has 0 radical (unpaired) electrons. The maximum Gasteiger partial charge on any atom is 0.0873 e. The van der Waals surface area contributed by atoms with Gasteiger partial charge in [-0.05, 0) is 7.05 Å². The van der Waals surface area contributed by atoms with Crippen molar-refractivity contribution >= 4 is 0 Å². The van der Waals surface area contributed by atoms with Crippen LogP contribution in [0.1, 0.15) is 0 Å². The number of hydrogen-bond acceptors (Lipinski definition) is 5. The van der Waals surface area contributed by atoms with Crippen LogP contribution in [-0.2, 0) is 0 Å². The summed E-state index contributed by atoms with van der Waals surface area (Å²) >= 11 is 0. The minimum Gasteiger partial charge on any atom is -0.396 e. The van der Waals surface area contributed by atoms with Crippen LogP contribution in [0, 0.1) is 10.8 Å². The van der Waals surface area contributed by atoms with E-state index in [0.717, 1.165) is 32.7 Å². The Labute approximate surface area is 84.7 Å². The maximum absolute atomic E-state index is 10.1. The van der Waals surface area contributed by atoms with E-state index in [1.807, 2.05) is 0 Å². The van der Waals surface area contributed by atoms with Crippen molar-refractivity contribution in [2.45, 2.75) is 0 Å². The van der Waals surface area contributed by atoms with Crippen molar-refractivity contribution < 1.29 is 5.11 Å². The monoisotopic (exact) mass is 201 g/mol. The highest BCUT2D eigenvalue weighted by atomic mass is 16.3. The molecule has 1 heterocycles. The van der Waals surface area contributed by atoms with E-state index < -0.39 is 0 Å². The largest absolute Gasteiger partial charge is 0.396 e. The molecule has 1 N–H and O–H groups in total. The molecule has 1 atom stereocenters. The first-order chi connectivity index (χ1) is 6.76. The van der Waals surface area contributed by atoms with Gasteiger partial charge < -0.3 is 14.9 Å². The van der Waals surface area contributed by atoms with Crippen LogP contribution in [0.4, 0.5) is 0 Å². The Hall–Kier alpha value is -0.520. The topological polar surface area (TPSA) is 56.1 Å². The quantitative estimate of drug-likeness (QED) is 0.615. The van der Waals surface area contributed by atoms with Gasteiger partial charge in [-0.25, -0.2) is 0 Å². The molecule has 0 bridgehead atoms. The van der Waals surface area contributed by atoms with Crippen molar-refractivity contribution in [1.82, 2.24) is 9.80 Å². The first kappa shape index (κ1) is 11.6. The molecule has 0 aromatic heterocycles. The summed E-state index contributed by atoms with van der Waals surface area (Å²) in [7, 11) is 2.11. The highest BCUT2D eigenvalue weighted by molar-refractivity contribution is 4.73. The Morgan fingerprint density at radius 3 is 2.50 bits per heavy atom. The third-order valence-corrected chi connectivity index (χ3v) is 2.70. The summed E-state index contributed by atoms with van der Waals surface area (Å²) in [5.74, 6) is 0.0101. The standard InChI is InChI=1S/C9H19N3O2/c1-11-2-4-12(5-3-11)7-9(8-13)6-10-14/h9,13H,2-8H2,1H3. The van der Waals surface area contributed by atoms with Crippen LogP contribution in [0.5, 0.6) is 0 Å². The normalized spacial score (nSPS) is 22.1. The van der Waals surface area contributed by atoms with Gasteiger partial charge in [0, 0.05) is 45.2 Å². The summed E-state index contributed by atoms with van der Waals surface area (Å²) in [4.78, 5) is 14.6. The van der Waals surface area contributed by atoms with Crippen LogP contribution in [0.25, 0.3) is 0 Å². The van der Waals surface area contributed by atoms with Crippen molar-refractivity contribution in [2.75, 3.05) is 52.9 Å². The van der Waals surface area contributed by atoms with Gasteiger partial charge in [0.1, 0.15) is 0 Å². The van der Waals surface area contributed by atoms with E-state index in [2.05, 4.69) is 22.0 Å². The second-order valence-corrected chi connectivity index (χ2v) is 3.96. The molecule has 1 rings (SSSR count). The lowest BCUT2D eigenvalue weighted by Crippen LogP contribution is -2.46. The third kappa shape index (κ3) is 3.69. The van der Waals surface area contributed by atoms with Gasteiger partial charge in [-0.15, -0.1) is 0 Å². The Kier molecular flexibility index (Phi) is 5.00. The van der Waals surface area contributed by atoms with E-state index in [0.29, 0.717) is 0 Å². The zero-order valence-corrected chi connectivity index (χ0v) is 8.72. The number of nitroso groups, excluding NO2 is 1. The molecule has 0 spiro atoms. The highest BCUT2D eigenvalue weighted by Crippen LogP contribution is 2.04.